The molecule has 0 unspecified atom stereocenters. The zero-order valence-electron chi connectivity index (χ0n) is 12.8. The van der Waals surface area contributed by atoms with Crippen molar-refractivity contribution in [2.75, 3.05) is 11.9 Å². The lowest BCUT2D eigenvalue weighted by molar-refractivity contribution is -0.123. The Bertz CT molecular complexity index is 658. The van der Waals surface area contributed by atoms with Crippen molar-refractivity contribution in [3.8, 4) is 5.75 Å². The molecule has 0 saturated heterocycles. The summed E-state index contributed by atoms with van der Waals surface area (Å²) in [5, 5.41) is 3.02. The number of hydrogen-bond donors (Lipinski definition) is 3. The average molecular weight is 334 g/mol. The summed E-state index contributed by atoms with van der Waals surface area (Å²) in [6.07, 6.45) is 1.72. The maximum Gasteiger partial charge on any atom is 0.339 e. The molecule has 3 amide bonds. The van der Waals surface area contributed by atoms with Gasteiger partial charge >= 0.3 is 6.03 Å². The Balaban J connectivity index is 1.70. The highest BCUT2D eigenvalue weighted by Gasteiger charge is 2.09. The maximum absolute atomic E-state index is 11.7. The van der Waals surface area contributed by atoms with Crippen molar-refractivity contribution in [2.45, 2.75) is 19.8 Å². The molecule has 0 fully saturated rings. The molecule has 1 aromatic heterocycles. The molecule has 0 bridgehead atoms. The smallest absolute Gasteiger partial charge is 0.339 e. The molecule has 0 aliphatic carbocycles. The number of benzene rings is 1. The van der Waals surface area contributed by atoms with Crippen LogP contribution in [0.2, 0.25) is 0 Å². The van der Waals surface area contributed by atoms with Gasteiger partial charge in [-0.2, -0.15) is 0 Å². The summed E-state index contributed by atoms with van der Waals surface area (Å²) < 4.78 is 5.25. The molecule has 1 heterocycles. The summed E-state index contributed by atoms with van der Waals surface area (Å²) in [4.78, 5) is 28.4. The Labute approximate surface area is 138 Å². The van der Waals surface area contributed by atoms with Gasteiger partial charge in [0, 0.05) is 11.1 Å². The number of hydrazine groups is 1. The highest BCUT2D eigenvalue weighted by atomic mass is 32.1. The third-order valence-electron chi connectivity index (χ3n) is 2.74. The van der Waals surface area contributed by atoms with Gasteiger partial charge < -0.3 is 4.74 Å². The first-order valence-electron chi connectivity index (χ1n) is 7.04. The number of rotatable bonds is 5. The van der Waals surface area contributed by atoms with Crippen LogP contribution in [0.5, 0.6) is 5.75 Å². The topological polar surface area (TPSA) is 92.4 Å². The standard InChI is InChI=1S/C15H18N4O3S/c1-10(2)12-8-16-15(23-12)17-14(21)19-18-13(20)9-22-11-6-4-3-5-7-11/h3-8,10H,9H2,1-2H3,(H,18,20)(H2,16,17,19,21). The monoisotopic (exact) mass is 334 g/mol. The second-order valence-corrected chi connectivity index (χ2v) is 6.01. The van der Waals surface area contributed by atoms with Crippen molar-refractivity contribution >= 4 is 28.4 Å². The Morgan fingerprint density at radius 1 is 1.22 bits per heavy atom. The van der Waals surface area contributed by atoms with Gasteiger partial charge in [-0.1, -0.05) is 32.0 Å². The van der Waals surface area contributed by atoms with E-state index >= 15 is 0 Å². The molecule has 0 aliphatic rings. The maximum atomic E-state index is 11.7. The molecule has 0 saturated carbocycles. The van der Waals surface area contributed by atoms with Crippen molar-refractivity contribution in [3.63, 3.8) is 0 Å². The number of carbonyl (C=O) groups excluding carboxylic acids is 2. The quantitative estimate of drug-likeness (QED) is 0.733. The van der Waals surface area contributed by atoms with E-state index in [0.29, 0.717) is 16.8 Å². The van der Waals surface area contributed by atoms with Gasteiger partial charge in [0.25, 0.3) is 5.91 Å². The van der Waals surface area contributed by atoms with Gasteiger partial charge in [0.15, 0.2) is 11.7 Å². The Morgan fingerprint density at radius 3 is 2.61 bits per heavy atom. The molecular weight excluding hydrogens is 316 g/mol. The zero-order valence-corrected chi connectivity index (χ0v) is 13.6. The Hall–Kier alpha value is -2.61. The van der Waals surface area contributed by atoms with Crippen molar-refractivity contribution in [1.82, 2.24) is 15.8 Å². The number of nitrogens with zero attached hydrogens (tertiary/aromatic N) is 1. The van der Waals surface area contributed by atoms with E-state index in [2.05, 4.69) is 21.2 Å². The van der Waals surface area contributed by atoms with Crippen molar-refractivity contribution < 1.29 is 14.3 Å². The minimum Gasteiger partial charge on any atom is -0.484 e. The van der Waals surface area contributed by atoms with Crippen molar-refractivity contribution in [3.05, 3.63) is 41.4 Å². The number of carbonyl (C=O) groups is 2. The van der Waals surface area contributed by atoms with E-state index in [1.54, 1.807) is 30.5 Å². The largest absolute Gasteiger partial charge is 0.484 e. The normalized spacial score (nSPS) is 10.2. The highest BCUT2D eigenvalue weighted by molar-refractivity contribution is 7.15. The van der Waals surface area contributed by atoms with E-state index in [1.807, 2.05) is 19.9 Å². The summed E-state index contributed by atoms with van der Waals surface area (Å²) >= 11 is 1.39. The lowest BCUT2D eigenvalue weighted by atomic mass is 10.2. The Kier molecular flexibility index (Phi) is 5.93. The molecule has 7 nitrogen and oxygen atoms in total. The van der Waals surface area contributed by atoms with Gasteiger partial charge in [0.05, 0.1) is 0 Å². The zero-order chi connectivity index (χ0) is 16.7. The lowest BCUT2D eigenvalue weighted by Crippen LogP contribution is -2.45. The molecule has 0 radical (unpaired) electrons. The molecule has 0 spiro atoms. The number of aromatic nitrogens is 1. The third kappa shape index (κ3) is 5.59. The first-order chi connectivity index (χ1) is 11.0. The van der Waals surface area contributed by atoms with E-state index < -0.39 is 11.9 Å². The molecule has 1 aromatic carbocycles. The third-order valence-corrected chi connectivity index (χ3v) is 3.95. The molecule has 23 heavy (non-hydrogen) atoms. The van der Waals surface area contributed by atoms with Crippen LogP contribution in [0.25, 0.3) is 0 Å². The molecule has 0 atom stereocenters. The van der Waals surface area contributed by atoms with Crippen LogP contribution in [-0.4, -0.2) is 23.5 Å². The molecule has 2 aromatic rings. The van der Waals surface area contributed by atoms with Crippen LogP contribution in [0.4, 0.5) is 9.93 Å². The summed E-state index contributed by atoms with van der Waals surface area (Å²) in [7, 11) is 0. The number of para-hydroxylation sites is 1. The summed E-state index contributed by atoms with van der Waals surface area (Å²) in [5.74, 6) is 0.461. The van der Waals surface area contributed by atoms with Gasteiger partial charge in [-0.05, 0) is 18.1 Å². The number of anilines is 1. The van der Waals surface area contributed by atoms with E-state index in [1.165, 1.54) is 11.3 Å². The molecule has 122 valence electrons. The fourth-order valence-electron chi connectivity index (χ4n) is 1.57. The number of ether oxygens (including phenoxy) is 1. The van der Waals surface area contributed by atoms with Gasteiger partial charge in [-0.3, -0.25) is 15.5 Å². The van der Waals surface area contributed by atoms with E-state index in [0.717, 1.165) is 4.88 Å². The highest BCUT2D eigenvalue weighted by Crippen LogP contribution is 2.24. The summed E-state index contributed by atoms with van der Waals surface area (Å²) in [5.41, 5.74) is 4.50. The fraction of sp³-hybridized carbons (Fsp3) is 0.267. The van der Waals surface area contributed by atoms with Crippen LogP contribution in [0.1, 0.15) is 24.6 Å². The van der Waals surface area contributed by atoms with Crippen molar-refractivity contribution in [2.24, 2.45) is 0 Å². The van der Waals surface area contributed by atoms with Crippen LogP contribution >= 0.6 is 11.3 Å². The molecule has 3 N–H and O–H groups in total. The fourth-order valence-corrected chi connectivity index (χ4v) is 2.38. The lowest BCUT2D eigenvalue weighted by Gasteiger charge is -2.08. The van der Waals surface area contributed by atoms with Crippen LogP contribution in [0.3, 0.4) is 0 Å². The van der Waals surface area contributed by atoms with E-state index in [9.17, 15) is 9.59 Å². The van der Waals surface area contributed by atoms with Gasteiger partial charge in [-0.25, -0.2) is 15.2 Å². The number of thiazole rings is 1. The molecular formula is C15H18N4O3S. The summed E-state index contributed by atoms with van der Waals surface area (Å²) in [6, 6.07) is 8.37. The number of amides is 3. The number of nitrogens with one attached hydrogen (secondary N) is 3. The average Bonchev–Trinajstić information content (AvgIpc) is 3.00. The molecule has 8 heteroatoms. The minimum atomic E-state index is -0.567. The SMILES string of the molecule is CC(C)c1cnc(NC(=O)NNC(=O)COc2ccccc2)s1. The number of urea groups is 1. The van der Waals surface area contributed by atoms with Crippen LogP contribution in [-0.2, 0) is 4.79 Å². The predicted molar refractivity (Wildman–Crippen MR) is 88.4 cm³/mol. The minimum absolute atomic E-state index is 0.195. The predicted octanol–water partition coefficient (Wildman–Crippen LogP) is 2.50. The second kappa shape index (κ2) is 8.14. The first-order valence-corrected chi connectivity index (χ1v) is 7.85. The van der Waals surface area contributed by atoms with Crippen molar-refractivity contribution in [1.29, 1.82) is 0 Å². The first kappa shape index (κ1) is 16.8. The van der Waals surface area contributed by atoms with Gasteiger partial charge in [-0.15, -0.1) is 11.3 Å². The van der Waals surface area contributed by atoms with Gasteiger partial charge in [0.2, 0.25) is 0 Å². The number of hydrogen-bond acceptors (Lipinski definition) is 5. The van der Waals surface area contributed by atoms with Crippen LogP contribution < -0.4 is 20.9 Å². The summed E-state index contributed by atoms with van der Waals surface area (Å²) in [6.45, 7) is 3.90. The molecule has 0 aliphatic heterocycles. The van der Waals surface area contributed by atoms with Crippen LogP contribution in [0, 0.1) is 0 Å². The molecule has 2 rings (SSSR count). The van der Waals surface area contributed by atoms with Gasteiger partial charge in [0.1, 0.15) is 5.75 Å². The van der Waals surface area contributed by atoms with E-state index in [-0.39, 0.29) is 6.61 Å². The second-order valence-electron chi connectivity index (χ2n) is 4.95. The van der Waals surface area contributed by atoms with E-state index in [4.69, 9.17) is 4.74 Å². The Morgan fingerprint density at radius 2 is 1.96 bits per heavy atom. The van der Waals surface area contributed by atoms with Crippen LogP contribution in [0.15, 0.2) is 36.5 Å².